The summed E-state index contributed by atoms with van der Waals surface area (Å²) in [7, 11) is 0. The molecule has 2 saturated heterocycles. The van der Waals surface area contributed by atoms with E-state index in [1.54, 1.807) is 18.3 Å². The summed E-state index contributed by atoms with van der Waals surface area (Å²) in [5.74, 6) is -0.275. The van der Waals surface area contributed by atoms with Gasteiger partial charge < -0.3 is 19.4 Å². The van der Waals surface area contributed by atoms with Gasteiger partial charge in [-0.25, -0.2) is 4.39 Å². The second-order valence-electron chi connectivity index (χ2n) is 6.75. The van der Waals surface area contributed by atoms with Crippen molar-refractivity contribution >= 4 is 17.3 Å². The molecule has 142 valence electrons. The molecule has 0 N–H and O–H groups in total. The predicted octanol–water partition coefficient (Wildman–Crippen LogP) is 2.02. The molecule has 0 aliphatic carbocycles. The number of ether oxygens (including phenoxy) is 1. The highest BCUT2D eigenvalue weighted by Crippen LogP contribution is 2.20. The molecule has 4 rings (SSSR count). The third-order valence-corrected chi connectivity index (χ3v) is 5.10. The van der Waals surface area contributed by atoms with E-state index in [0.717, 1.165) is 37.6 Å². The quantitative estimate of drug-likeness (QED) is 0.827. The lowest BCUT2D eigenvalue weighted by Crippen LogP contribution is -2.49. The fourth-order valence-electron chi connectivity index (χ4n) is 3.54. The van der Waals surface area contributed by atoms with Crippen molar-refractivity contribution in [3.63, 3.8) is 0 Å². The fourth-order valence-corrected chi connectivity index (χ4v) is 3.54. The second kappa shape index (κ2) is 7.92. The average molecular weight is 370 g/mol. The summed E-state index contributed by atoms with van der Waals surface area (Å²) in [5, 5.41) is 0. The number of piperazine rings is 1. The third-order valence-electron chi connectivity index (χ3n) is 5.10. The number of carbonyl (C=O) groups excluding carboxylic acids is 1. The number of anilines is 2. The molecule has 1 amide bonds. The first-order valence-electron chi connectivity index (χ1n) is 9.29. The summed E-state index contributed by atoms with van der Waals surface area (Å²) in [4.78, 5) is 23.4. The van der Waals surface area contributed by atoms with Gasteiger partial charge in [0, 0.05) is 56.8 Å². The van der Waals surface area contributed by atoms with Gasteiger partial charge in [0.25, 0.3) is 5.91 Å². The van der Waals surface area contributed by atoms with E-state index >= 15 is 0 Å². The van der Waals surface area contributed by atoms with Crippen molar-refractivity contribution in [3.05, 3.63) is 54.1 Å². The first-order valence-corrected chi connectivity index (χ1v) is 9.29. The van der Waals surface area contributed by atoms with Crippen molar-refractivity contribution in [3.8, 4) is 0 Å². The number of aromatic nitrogens is 1. The molecule has 0 spiro atoms. The Bertz CT molecular complexity index is 785. The molecule has 0 saturated carbocycles. The molecule has 1 aromatic heterocycles. The molecule has 0 bridgehead atoms. The zero-order valence-electron chi connectivity index (χ0n) is 15.2. The average Bonchev–Trinajstić information content (AvgIpc) is 2.75. The van der Waals surface area contributed by atoms with Crippen LogP contribution >= 0.6 is 0 Å². The van der Waals surface area contributed by atoms with E-state index in [4.69, 9.17) is 4.74 Å². The van der Waals surface area contributed by atoms with Gasteiger partial charge in [-0.1, -0.05) is 0 Å². The number of hydrogen-bond acceptors (Lipinski definition) is 5. The predicted molar refractivity (Wildman–Crippen MR) is 102 cm³/mol. The minimum Gasteiger partial charge on any atom is -0.378 e. The highest BCUT2D eigenvalue weighted by Gasteiger charge is 2.24. The topological polar surface area (TPSA) is 48.9 Å². The Labute approximate surface area is 158 Å². The lowest BCUT2D eigenvalue weighted by molar-refractivity contribution is 0.0741. The number of nitrogens with zero attached hydrogens (tertiary/aromatic N) is 4. The summed E-state index contributed by atoms with van der Waals surface area (Å²) >= 11 is 0. The molecule has 2 aliphatic heterocycles. The monoisotopic (exact) mass is 370 g/mol. The van der Waals surface area contributed by atoms with Crippen LogP contribution < -0.4 is 9.80 Å². The van der Waals surface area contributed by atoms with E-state index in [0.29, 0.717) is 32.0 Å². The number of halogens is 1. The van der Waals surface area contributed by atoms with Gasteiger partial charge >= 0.3 is 0 Å². The van der Waals surface area contributed by atoms with E-state index in [1.165, 1.54) is 12.1 Å². The molecule has 0 radical (unpaired) electrons. The largest absolute Gasteiger partial charge is 0.378 e. The van der Waals surface area contributed by atoms with Crippen LogP contribution in [-0.4, -0.2) is 68.3 Å². The zero-order valence-corrected chi connectivity index (χ0v) is 15.2. The maximum Gasteiger partial charge on any atom is 0.272 e. The number of hydrogen-bond donors (Lipinski definition) is 0. The Morgan fingerprint density at radius 1 is 0.889 bits per heavy atom. The van der Waals surface area contributed by atoms with E-state index in [-0.39, 0.29) is 11.7 Å². The Hall–Kier alpha value is -2.67. The van der Waals surface area contributed by atoms with Crippen molar-refractivity contribution in [2.45, 2.75) is 0 Å². The number of morpholine rings is 1. The summed E-state index contributed by atoms with van der Waals surface area (Å²) in [6.45, 7) is 5.76. The maximum absolute atomic E-state index is 13.1. The highest BCUT2D eigenvalue weighted by atomic mass is 19.1. The Morgan fingerprint density at radius 3 is 2.26 bits per heavy atom. The van der Waals surface area contributed by atoms with Gasteiger partial charge in [-0.2, -0.15) is 0 Å². The lowest BCUT2D eigenvalue weighted by atomic mass is 10.2. The number of benzene rings is 1. The molecule has 0 unspecified atom stereocenters. The SMILES string of the molecule is O=C(c1cc(N2CCOCC2)ccn1)N1CCN(c2ccc(F)cc2)CC1. The van der Waals surface area contributed by atoms with E-state index in [2.05, 4.69) is 14.8 Å². The fraction of sp³-hybridized carbons (Fsp3) is 0.400. The molecular weight excluding hydrogens is 347 g/mol. The van der Waals surface area contributed by atoms with Crippen LogP contribution in [0.2, 0.25) is 0 Å². The van der Waals surface area contributed by atoms with E-state index in [1.807, 2.05) is 17.0 Å². The maximum atomic E-state index is 13.1. The zero-order chi connectivity index (χ0) is 18.6. The first kappa shape index (κ1) is 17.7. The normalized spacial score (nSPS) is 17.9. The molecule has 2 aromatic rings. The lowest BCUT2D eigenvalue weighted by Gasteiger charge is -2.36. The van der Waals surface area contributed by atoms with Gasteiger partial charge in [-0.3, -0.25) is 9.78 Å². The Balaban J connectivity index is 1.39. The molecule has 0 atom stereocenters. The van der Waals surface area contributed by atoms with Gasteiger partial charge in [0.1, 0.15) is 11.5 Å². The molecule has 3 heterocycles. The molecule has 6 nitrogen and oxygen atoms in total. The number of rotatable bonds is 3. The molecule has 2 aliphatic rings. The summed E-state index contributed by atoms with van der Waals surface area (Å²) in [6, 6.07) is 10.3. The minimum atomic E-state index is -0.237. The van der Waals surface area contributed by atoms with Gasteiger partial charge in [0.05, 0.1) is 13.2 Å². The van der Waals surface area contributed by atoms with Crippen LogP contribution in [0.3, 0.4) is 0 Å². The van der Waals surface area contributed by atoms with Crippen LogP contribution in [0.15, 0.2) is 42.6 Å². The summed E-state index contributed by atoms with van der Waals surface area (Å²) in [5.41, 5.74) is 2.48. The summed E-state index contributed by atoms with van der Waals surface area (Å²) in [6.07, 6.45) is 1.70. The summed E-state index contributed by atoms with van der Waals surface area (Å²) < 4.78 is 18.5. The molecule has 27 heavy (non-hydrogen) atoms. The van der Waals surface area contributed by atoms with Crippen LogP contribution in [0, 0.1) is 5.82 Å². The molecule has 1 aromatic carbocycles. The van der Waals surface area contributed by atoms with Crippen molar-refractivity contribution in [2.24, 2.45) is 0 Å². The Morgan fingerprint density at radius 2 is 1.56 bits per heavy atom. The molecule has 7 heteroatoms. The van der Waals surface area contributed by atoms with Crippen LogP contribution in [0.4, 0.5) is 15.8 Å². The van der Waals surface area contributed by atoms with Gasteiger partial charge in [0.2, 0.25) is 0 Å². The van der Waals surface area contributed by atoms with Gasteiger partial charge in [-0.05, 0) is 36.4 Å². The van der Waals surface area contributed by atoms with E-state index in [9.17, 15) is 9.18 Å². The standard InChI is InChI=1S/C20H23FN4O2/c21-16-1-3-17(4-2-16)23-7-9-25(10-8-23)20(26)19-15-18(5-6-22-19)24-11-13-27-14-12-24/h1-6,15H,7-14H2. The Kier molecular flexibility index (Phi) is 5.20. The third kappa shape index (κ3) is 4.03. The van der Waals surface area contributed by atoms with Crippen molar-refractivity contribution in [1.82, 2.24) is 9.88 Å². The first-order chi connectivity index (χ1) is 13.2. The van der Waals surface area contributed by atoms with Crippen LogP contribution in [-0.2, 0) is 4.74 Å². The number of amides is 1. The van der Waals surface area contributed by atoms with Gasteiger partial charge in [0.15, 0.2) is 0 Å². The number of pyridine rings is 1. The van der Waals surface area contributed by atoms with Crippen LogP contribution in [0.25, 0.3) is 0 Å². The van der Waals surface area contributed by atoms with Crippen LogP contribution in [0.1, 0.15) is 10.5 Å². The van der Waals surface area contributed by atoms with Crippen LogP contribution in [0.5, 0.6) is 0 Å². The van der Waals surface area contributed by atoms with Crippen molar-refractivity contribution in [2.75, 3.05) is 62.3 Å². The smallest absolute Gasteiger partial charge is 0.272 e. The van der Waals surface area contributed by atoms with Gasteiger partial charge in [-0.15, -0.1) is 0 Å². The van der Waals surface area contributed by atoms with Crippen molar-refractivity contribution in [1.29, 1.82) is 0 Å². The van der Waals surface area contributed by atoms with Crippen molar-refractivity contribution < 1.29 is 13.9 Å². The highest BCUT2D eigenvalue weighted by molar-refractivity contribution is 5.93. The minimum absolute atomic E-state index is 0.0381. The second-order valence-corrected chi connectivity index (χ2v) is 6.75. The molecular formula is C20H23FN4O2. The molecule has 2 fully saturated rings. The van der Waals surface area contributed by atoms with E-state index < -0.39 is 0 Å². The number of carbonyl (C=O) groups is 1.